The van der Waals surface area contributed by atoms with E-state index in [1.165, 1.54) is 36.4 Å². The quantitative estimate of drug-likeness (QED) is 0.604. The summed E-state index contributed by atoms with van der Waals surface area (Å²) in [6.07, 6.45) is 1.02. The number of hydrogen-bond acceptors (Lipinski definition) is 5. The fraction of sp³-hybridized carbons (Fsp3) is 0.0455. The zero-order valence-corrected chi connectivity index (χ0v) is 17.7. The predicted molar refractivity (Wildman–Crippen MR) is 117 cm³/mol. The van der Waals surface area contributed by atoms with Gasteiger partial charge in [-0.05, 0) is 42.5 Å². The molecular formula is C22H15ClN2O5S. The number of benzene rings is 3. The molecule has 0 saturated heterocycles. The van der Waals surface area contributed by atoms with Crippen molar-refractivity contribution in [2.75, 3.05) is 16.5 Å². The predicted octanol–water partition coefficient (Wildman–Crippen LogP) is 3.80. The molecule has 1 heterocycles. The van der Waals surface area contributed by atoms with Crippen molar-refractivity contribution in [3.8, 4) is 0 Å². The van der Waals surface area contributed by atoms with Gasteiger partial charge >= 0.3 is 0 Å². The lowest BCUT2D eigenvalue weighted by Crippen LogP contribution is -2.29. The van der Waals surface area contributed by atoms with Crippen molar-refractivity contribution in [3.63, 3.8) is 0 Å². The van der Waals surface area contributed by atoms with Crippen LogP contribution in [0.1, 0.15) is 31.1 Å². The molecule has 0 saturated carbocycles. The van der Waals surface area contributed by atoms with E-state index in [-0.39, 0.29) is 26.9 Å². The number of hydrogen-bond donors (Lipinski definition) is 1. The maximum Gasteiger partial charge on any atom is 0.266 e. The summed E-state index contributed by atoms with van der Waals surface area (Å²) in [6.45, 7) is 0. The fourth-order valence-corrected chi connectivity index (χ4v) is 4.50. The molecule has 0 spiro atoms. The van der Waals surface area contributed by atoms with Crippen LogP contribution < -0.4 is 10.2 Å². The maximum absolute atomic E-state index is 12.7. The Hall–Kier alpha value is -3.49. The lowest BCUT2D eigenvalue weighted by molar-refractivity contribution is 0.0924. The molecule has 1 aliphatic rings. The Morgan fingerprint density at radius 1 is 0.903 bits per heavy atom. The molecule has 3 aromatic rings. The standard InChI is InChI=1S/C22H15ClN2O5S/c1-31(29,30)19-9-5-4-8-16(19)20(26)24-13-10-11-18(17(23)12-13)25-21(27)14-6-2-3-7-15(14)22(25)28/h2-12H,1H3,(H,24,26). The highest BCUT2D eigenvalue weighted by Crippen LogP contribution is 2.35. The summed E-state index contributed by atoms with van der Waals surface area (Å²) in [5.74, 6) is -1.60. The number of sulfone groups is 1. The summed E-state index contributed by atoms with van der Waals surface area (Å²) in [6, 6.07) is 16.6. The third-order valence-corrected chi connectivity index (χ3v) is 6.23. The van der Waals surface area contributed by atoms with Gasteiger partial charge in [0, 0.05) is 11.9 Å². The molecule has 0 fully saturated rings. The molecule has 0 atom stereocenters. The number of anilines is 2. The number of fused-ring (bicyclic) bond motifs is 1. The van der Waals surface area contributed by atoms with E-state index in [4.69, 9.17) is 11.6 Å². The average molecular weight is 455 g/mol. The van der Waals surface area contributed by atoms with Crippen LogP contribution >= 0.6 is 11.6 Å². The molecule has 1 N–H and O–H groups in total. The second-order valence-corrected chi connectivity index (χ2v) is 9.27. The molecule has 3 aromatic carbocycles. The van der Waals surface area contributed by atoms with Gasteiger partial charge in [0.1, 0.15) is 0 Å². The lowest BCUT2D eigenvalue weighted by atomic mass is 10.1. The minimum absolute atomic E-state index is 0.00875. The molecule has 7 nitrogen and oxygen atoms in total. The van der Waals surface area contributed by atoms with E-state index in [9.17, 15) is 22.8 Å². The van der Waals surface area contributed by atoms with Crippen LogP contribution in [0.3, 0.4) is 0 Å². The molecule has 3 amide bonds. The normalized spacial score (nSPS) is 13.3. The van der Waals surface area contributed by atoms with Crippen molar-refractivity contribution < 1.29 is 22.8 Å². The Bertz CT molecular complexity index is 1330. The monoisotopic (exact) mass is 454 g/mol. The lowest BCUT2D eigenvalue weighted by Gasteiger charge is -2.17. The van der Waals surface area contributed by atoms with Gasteiger partial charge in [0.15, 0.2) is 9.84 Å². The number of imide groups is 1. The average Bonchev–Trinajstić information content (AvgIpc) is 2.98. The third-order valence-electron chi connectivity index (χ3n) is 4.77. The van der Waals surface area contributed by atoms with E-state index in [1.807, 2.05) is 0 Å². The first-order chi connectivity index (χ1) is 14.7. The largest absolute Gasteiger partial charge is 0.322 e. The fourth-order valence-electron chi connectivity index (χ4n) is 3.35. The zero-order valence-electron chi connectivity index (χ0n) is 16.1. The zero-order chi connectivity index (χ0) is 22.3. The minimum Gasteiger partial charge on any atom is -0.322 e. The minimum atomic E-state index is -3.60. The summed E-state index contributed by atoms with van der Waals surface area (Å²) in [5, 5.41) is 2.67. The number of amides is 3. The van der Waals surface area contributed by atoms with Crippen molar-refractivity contribution in [2.45, 2.75) is 4.90 Å². The Kier molecular flexibility index (Phi) is 5.12. The molecule has 1 aliphatic heterocycles. The molecule has 0 aliphatic carbocycles. The van der Waals surface area contributed by atoms with Gasteiger partial charge in [-0.2, -0.15) is 0 Å². The first-order valence-corrected chi connectivity index (χ1v) is 11.3. The van der Waals surface area contributed by atoms with Gasteiger partial charge in [0.2, 0.25) is 0 Å². The van der Waals surface area contributed by atoms with Gasteiger partial charge in [-0.1, -0.05) is 35.9 Å². The van der Waals surface area contributed by atoms with Gasteiger partial charge in [-0.25, -0.2) is 13.3 Å². The highest BCUT2D eigenvalue weighted by molar-refractivity contribution is 7.90. The molecular weight excluding hydrogens is 440 g/mol. The molecule has 4 rings (SSSR count). The summed E-state index contributed by atoms with van der Waals surface area (Å²) in [4.78, 5) is 38.9. The first kappa shape index (κ1) is 20.8. The van der Waals surface area contributed by atoms with Crippen LogP contribution in [0.4, 0.5) is 11.4 Å². The van der Waals surface area contributed by atoms with Gasteiger partial charge in [-0.15, -0.1) is 0 Å². The van der Waals surface area contributed by atoms with Crippen LogP contribution in [0.2, 0.25) is 5.02 Å². The Balaban J connectivity index is 1.62. The molecule has 9 heteroatoms. The van der Waals surface area contributed by atoms with Crippen molar-refractivity contribution >= 4 is 50.5 Å². The van der Waals surface area contributed by atoms with E-state index >= 15 is 0 Å². The molecule has 0 unspecified atom stereocenters. The molecule has 31 heavy (non-hydrogen) atoms. The van der Waals surface area contributed by atoms with E-state index in [2.05, 4.69) is 5.32 Å². The molecule has 156 valence electrons. The SMILES string of the molecule is CS(=O)(=O)c1ccccc1C(=O)Nc1ccc(N2C(=O)c3ccccc3C2=O)c(Cl)c1. The second kappa shape index (κ2) is 7.64. The van der Waals surface area contributed by atoms with E-state index < -0.39 is 27.6 Å². The van der Waals surface area contributed by atoms with Crippen LogP contribution in [0.15, 0.2) is 71.6 Å². The highest BCUT2D eigenvalue weighted by atomic mass is 35.5. The third kappa shape index (κ3) is 3.71. The molecule has 0 aromatic heterocycles. The summed E-state index contributed by atoms with van der Waals surface area (Å²) < 4.78 is 23.9. The van der Waals surface area contributed by atoms with Crippen LogP contribution in [-0.2, 0) is 9.84 Å². The number of halogens is 1. The van der Waals surface area contributed by atoms with Crippen molar-refractivity contribution in [1.29, 1.82) is 0 Å². The summed E-state index contributed by atoms with van der Waals surface area (Å²) in [5.41, 5.74) is 1.03. The number of nitrogens with zero attached hydrogens (tertiary/aromatic N) is 1. The highest BCUT2D eigenvalue weighted by Gasteiger charge is 2.37. The Morgan fingerprint density at radius 3 is 2.06 bits per heavy atom. The second-order valence-electron chi connectivity index (χ2n) is 6.88. The van der Waals surface area contributed by atoms with Crippen LogP contribution in [-0.4, -0.2) is 32.4 Å². The van der Waals surface area contributed by atoms with Crippen molar-refractivity contribution in [1.82, 2.24) is 0 Å². The Morgan fingerprint density at radius 2 is 1.48 bits per heavy atom. The summed E-state index contributed by atoms with van der Waals surface area (Å²) >= 11 is 6.32. The number of carbonyl (C=O) groups excluding carboxylic acids is 3. The molecule has 0 bridgehead atoms. The van der Waals surface area contributed by atoms with Crippen molar-refractivity contribution in [3.05, 3.63) is 88.4 Å². The van der Waals surface area contributed by atoms with Crippen molar-refractivity contribution in [2.24, 2.45) is 0 Å². The number of nitrogens with one attached hydrogen (secondary N) is 1. The van der Waals surface area contributed by atoms with Gasteiger partial charge in [-0.3, -0.25) is 14.4 Å². The van der Waals surface area contributed by atoms with Crippen LogP contribution in [0.25, 0.3) is 0 Å². The van der Waals surface area contributed by atoms with Gasteiger partial charge in [0.05, 0.1) is 32.3 Å². The number of rotatable bonds is 4. The Labute approximate surface area is 183 Å². The topological polar surface area (TPSA) is 101 Å². The van der Waals surface area contributed by atoms with E-state index in [0.717, 1.165) is 11.2 Å². The van der Waals surface area contributed by atoms with Gasteiger partial charge < -0.3 is 5.32 Å². The smallest absolute Gasteiger partial charge is 0.266 e. The van der Waals surface area contributed by atoms with E-state index in [0.29, 0.717) is 11.1 Å². The summed E-state index contributed by atoms with van der Waals surface area (Å²) in [7, 11) is -3.60. The van der Waals surface area contributed by atoms with Crippen LogP contribution in [0.5, 0.6) is 0 Å². The first-order valence-electron chi connectivity index (χ1n) is 9.06. The van der Waals surface area contributed by atoms with Gasteiger partial charge in [0.25, 0.3) is 17.7 Å². The van der Waals surface area contributed by atoms with Crippen LogP contribution in [0, 0.1) is 0 Å². The maximum atomic E-state index is 12.7. The van der Waals surface area contributed by atoms with E-state index in [1.54, 1.807) is 30.3 Å². The number of carbonyl (C=O) groups is 3. The molecule has 0 radical (unpaired) electrons.